The Bertz CT molecular complexity index is 827. The number of carboxylic acid groups (broad SMARTS) is 1. The summed E-state index contributed by atoms with van der Waals surface area (Å²) < 4.78 is 42.4. The zero-order valence-electron chi connectivity index (χ0n) is 16.9. The maximum Gasteiger partial charge on any atom is 0.490 e. The van der Waals surface area contributed by atoms with Gasteiger partial charge in [0.1, 0.15) is 12.4 Å². The van der Waals surface area contributed by atoms with Gasteiger partial charge in [0.05, 0.1) is 0 Å². The van der Waals surface area contributed by atoms with E-state index in [0.29, 0.717) is 12.2 Å². The van der Waals surface area contributed by atoms with E-state index in [9.17, 15) is 18.0 Å². The average Bonchev–Trinajstić information content (AvgIpc) is 2.73. The highest BCUT2D eigenvalue weighted by molar-refractivity contribution is 5.94. The van der Waals surface area contributed by atoms with Crippen molar-refractivity contribution >= 4 is 11.9 Å². The van der Waals surface area contributed by atoms with E-state index in [4.69, 9.17) is 25.1 Å². The van der Waals surface area contributed by atoms with E-state index in [2.05, 4.69) is 5.32 Å². The van der Waals surface area contributed by atoms with Crippen LogP contribution in [0.2, 0.25) is 0 Å². The Morgan fingerprint density at radius 3 is 2.23 bits per heavy atom. The Morgan fingerprint density at radius 1 is 1.03 bits per heavy atom. The molecule has 2 rings (SSSR count). The van der Waals surface area contributed by atoms with Gasteiger partial charge in [0.25, 0.3) is 0 Å². The first-order chi connectivity index (χ1) is 14.6. The molecule has 2 aromatic rings. The number of nitrogens with two attached hydrogens (primary N) is 1. The van der Waals surface area contributed by atoms with Crippen molar-refractivity contribution in [3.63, 3.8) is 0 Å². The largest absolute Gasteiger partial charge is 0.492 e. The van der Waals surface area contributed by atoms with Crippen LogP contribution in [0.5, 0.6) is 5.75 Å². The Morgan fingerprint density at radius 2 is 1.68 bits per heavy atom. The highest BCUT2D eigenvalue weighted by Crippen LogP contribution is 2.23. The van der Waals surface area contributed by atoms with Gasteiger partial charge in [-0.1, -0.05) is 24.3 Å². The molecule has 0 heterocycles. The van der Waals surface area contributed by atoms with Crippen LogP contribution in [-0.4, -0.2) is 56.6 Å². The van der Waals surface area contributed by atoms with Crippen molar-refractivity contribution in [2.24, 2.45) is 5.73 Å². The summed E-state index contributed by atoms with van der Waals surface area (Å²) in [4.78, 5) is 20.2. The number of hydrogen-bond donors (Lipinski definition) is 3. The Labute approximate surface area is 178 Å². The van der Waals surface area contributed by atoms with E-state index in [1.54, 1.807) is 19.2 Å². The number of amides is 1. The number of hydrogen-bond acceptors (Lipinski definition) is 5. The molecule has 0 aromatic heterocycles. The van der Waals surface area contributed by atoms with Gasteiger partial charge in [0.15, 0.2) is 0 Å². The van der Waals surface area contributed by atoms with Crippen molar-refractivity contribution in [3.8, 4) is 16.9 Å². The number of carboxylic acids is 1. The van der Waals surface area contributed by atoms with Crippen molar-refractivity contribution in [2.45, 2.75) is 12.6 Å². The SMILES string of the molecule is COCCCNCCOc1ccc(-c2cccc(C(N)=O)c2)cc1.O=C(O)C(F)(F)F. The third-order valence-electron chi connectivity index (χ3n) is 3.83. The summed E-state index contributed by atoms with van der Waals surface area (Å²) in [5, 5.41) is 10.4. The van der Waals surface area contributed by atoms with Crippen LogP contribution >= 0.6 is 0 Å². The lowest BCUT2D eigenvalue weighted by atomic mass is 10.0. The van der Waals surface area contributed by atoms with Crippen LogP contribution in [0.25, 0.3) is 11.1 Å². The maximum atomic E-state index is 11.3. The summed E-state index contributed by atoms with van der Waals surface area (Å²) in [5.41, 5.74) is 7.80. The number of primary amides is 1. The zero-order chi connectivity index (χ0) is 23.3. The first-order valence-electron chi connectivity index (χ1n) is 9.28. The minimum absolute atomic E-state index is 0.421. The second-order valence-corrected chi connectivity index (χ2v) is 6.22. The molecule has 0 aliphatic rings. The summed E-state index contributed by atoms with van der Waals surface area (Å²) in [7, 11) is 1.71. The standard InChI is InChI=1S/C19H24N2O3.C2HF3O2/c1-23-12-3-10-21-11-13-24-18-8-6-15(7-9-18)16-4-2-5-17(14-16)19(20)22;3-2(4,5)1(6)7/h2,4-9,14,21H,3,10-13H2,1H3,(H2,20,22);(H,6,7). The Kier molecular flexibility index (Phi) is 11.1. The number of ether oxygens (including phenoxy) is 2. The highest BCUT2D eigenvalue weighted by Gasteiger charge is 2.38. The molecule has 0 saturated carbocycles. The van der Waals surface area contributed by atoms with Gasteiger partial charge in [0.2, 0.25) is 5.91 Å². The third kappa shape index (κ3) is 10.5. The summed E-state index contributed by atoms with van der Waals surface area (Å²) in [6, 6.07) is 15.1. The molecular weight excluding hydrogens is 417 g/mol. The Balaban J connectivity index is 0.000000592. The molecule has 0 unspecified atom stereocenters. The summed E-state index contributed by atoms with van der Waals surface area (Å²) in [5.74, 6) is -2.36. The van der Waals surface area contributed by atoms with Gasteiger partial charge in [-0.05, 0) is 48.4 Å². The van der Waals surface area contributed by atoms with Gasteiger partial charge in [-0.3, -0.25) is 4.79 Å². The molecule has 2 aromatic carbocycles. The number of nitrogens with one attached hydrogen (secondary N) is 1. The lowest BCUT2D eigenvalue weighted by molar-refractivity contribution is -0.192. The number of rotatable bonds is 10. The molecule has 0 aliphatic heterocycles. The number of alkyl halides is 3. The number of aliphatic carboxylic acids is 1. The molecule has 31 heavy (non-hydrogen) atoms. The molecule has 0 saturated heterocycles. The number of methoxy groups -OCH3 is 1. The van der Waals surface area contributed by atoms with E-state index in [-0.39, 0.29) is 0 Å². The van der Waals surface area contributed by atoms with Crippen LogP contribution in [0.1, 0.15) is 16.8 Å². The molecule has 0 spiro atoms. The van der Waals surface area contributed by atoms with Gasteiger partial charge < -0.3 is 25.6 Å². The molecule has 10 heteroatoms. The molecule has 7 nitrogen and oxygen atoms in total. The normalized spacial score (nSPS) is 10.7. The van der Waals surface area contributed by atoms with E-state index in [1.807, 2.05) is 36.4 Å². The van der Waals surface area contributed by atoms with E-state index >= 15 is 0 Å². The zero-order valence-corrected chi connectivity index (χ0v) is 16.9. The fourth-order valence-corrected chi connectivity index (χ4v) is 2.30. The molecule has 0 atom stereocenters. The topological polar surface area (TPSA) is 111 Å². The highest BCUT2D eigenvalue weighted by atomic mass is 19.4. The van der Waals surface area contributed by atoms with Gasteiger partial charge >= 0.3 is 12.1 Å². The van der Waals surface area contributed by atoms with Crippen molar-refractivity contribution in [1.29, 1.82) is 0 Å². The van der Waals surface area contributed by atoms with Crippen molar-refractivity contribution in [3.05, 3.63) is 54.1 Å². The molecule has 170 valence electrons. The maximum absolute atomic E-state index is 11.3. The third-order valence-corrected chi connectivity index (χ3v) is 3.83. The first kappa shape index (κ1) is 25.9. The summed E-state index contributed by atoms with van der Waals surface area (Å²) in [6.07, 6.45) is -4.09. The molecule has 4 N–H and O–H groups in total. The lowest BCUT2D eigenvalue weighted by Crippen LogP contribution is -2.22. The molecule has 0 fully saturated rings. The Hall–Kier alpha value is -3.11. The van der Waals surface area contributed by atoms with Gasteiger partial charge in [0, 0.05) is 25.8 Å². The smallest absolute Gasteiger partial charge is 0.490 e. The fourth-order valence-electron chi connectivity index (χ4n) is 2.30. The second kappa shape index (κ2) is 13.2. The van der Waals surface area contributed by atoms with E-state index < -0.39 is 18.1 Å². The van der Waals surface area contributed by atoms with Crippen LogP contribution in [0.15, 0.2) is 48.5 Å². The molecular formula is C21H25F3N2O5. The van der Waals surface area contributed by atoms with Crippen LogP contribution in [0.4, 0.5) is 13.2 Å². The number of halogens is 3. The lowest BCUT2D eigenvalue weighted by Gasteiger charge is -2.09. The molecule has 1 amide bonds. The summed E-state index contributed by atoms with van der Waals surface area (Å²) in [6.45, 7) is 3.11. The minimum atomic E-state index is -5.08. The predicted octanol–water partition coefficient (Wildman–Crippen LogP) is 3.09. The van der Waals surface area contributed by atoms with Gasteiger partial charge in [-0.15, -0.1) is 0 Å². The average molecular weight is 442 g/mol. The van der Waals surface area contributed by atoms with Crippen molar-refractivity contribution in [2.75, 3.05) is 33.4 Å². The predicted molar refractivity (Wildman–Crippen MR) is 109 cm³/mol. The van der Waals surface area contributed by atoms with E-state index in [0.717, 1.165) is 43.0 Å². The van der Waals surface area contributed by atoms with Crippen LogP contribution in [0, 0.1) is 0 Å². The van der Waals surface area contributed by atoms with Crippen LogP contribution < -0.4 is 15.8 Å². The van der Waals surface area contributed by atoms with E-state index in [1.165, 1.54) is 0 Å². The quantitative estimate of drug-likeness (QED) is 0.488. The van der Waals surface area contributed by atoms with Gasteiger partial charge in [-0.2, -0.15) is 13.2 Å². The number of carbonyl (C=O) groups is 2. The summed E-state index contributed by atoms with van der Waals surface area (Å²) >= 11 is 0. The van der Waals surface area contributed by atoms with Crippen LogP contribution in [0.3, 0.4) is 0 Å². The second-order valence-electron chi connectivity index (χ2n) is 6.22. The number of benzene rings is 2. The monoisotopic (exact) mass is 442 g/mol. The fraction of sp³-hybridized carbons (Fsp3) is 0.333. The van der Waals surface area contributed by atoms with Gasteiger partial charge in [-0.25, -0.2) is 4.79 Å². The molecule has 0 radical (unpaired) electrons. The first-order valence-corrected chi connectivity index (χ1v) is 9.28. The van der Waals surface area contributed by atoms with Crippen molar-refractivity contribution < 1.29 is 37.3 Å². The molecule has 0 bridgehead atoms. The minimum Gasteiger partial charge on any atom is -0.492 e. The van der Waals surface area contributed by atoms with Crippen molar-refractivity contribution in [1.82, 2.24) is 5.32 Å². The molecule has 0 aliphatic carbocycles. The van der Waals surface area contributed by atoms with Crippen LogP contribution in [-0.2, 0) is 9.53 Å². The number of carbonyl (C=O) groups excluding carboxylic acids is 1.